The van der Waals surface area contributed by atoms with Crippen molar-refractivity contribution in [2.24, 2.45) is 0 Å². The van der Waals surface area contributed by atoms with Crippen LogP contribution in [0.3, 0.4) is 0 Å². The number of carbonyl (C=O) groups excluding carboxylic acids is 1. The molecule has 2 heterocycles. The normalized spacial score (nSPS) is 18.0. The average molecular weight is 308 g/mol. The first-order valence-electron chi connectivity index (χ1n) is 7.06. The topological polar surface area (TPSA) is 34.0 Å². The highest BCUT2D eigenvalue weighted by molar-refractivity contribution is 5.96. The highest BCUT2D eigenvalue weighted by Gasteiger charge is 2.31. The van der Waals surface area contributed by atoms with Crippen molar-refractivity contribution in [3.8, 4) is 0 Å². The molecular formula is C16H15F3N2O. The van der Waals surface area contributed by atoms with E-state index < -0.39 is 11.7 Å². The number of aromatic nitrogens is 1. The molecule has 3 nitrogen and oxygen atoms in total. The molecule has 0 spiro atoms. The summed E-state index contributed by atoms with van der Waals surface area (Å²) in [5, 5.41) is 2.85. The lowest BCUT2D eigenvalue weighted by atomic mass is 9.95. The number of amides is 1. The van der Waals surface area contributed by atoms with Crippen molar-refractivity contribution < 1.29 is 18.0 Å². The monoisotopic (exact) mass is 308 g/mol. The summed E-state index contributed by atoms with van der Waals surface area (Å²) in [6.45, 7) is 2.74. The Morgan fingerprint density at radius 1 is 1.23 bits per heavy atom. The average Bonchev–Trinajstić information content (AvgIpc) is 2.90. The van der Waals surface area contributed by atoms with E-state index in [2.05, 4.69) is 5.32 Å². The molecule has 1 aliphatic heterocycles. The van der Waals surface area contributed by atoms with Crippen molar-refractivity contribution in [2.75, 3.05) is 0 Å². The fourth-order valence-corrected chi connectivity index (χ4v) is 2.82. The van der Waals surface area contributed by atoms with Crippen LogP contribution in [0.4, 0.5) is 13.2 Å². The van der Waals surface area contributed by atoms with Crippen LogP contribution in [0, 0.1) is 0 Å². The Kier molecular flexibility index (Phi) is 3.47. The molecular weight excluding hydrogens is 293 g/mol. The van der Waals surface area contributed by atoms with Gasteiger partial charge in [-0.3, -0.25) is 4.79 Å². The smallest absolute Gasteiger partial charge is 0.351 e. The maximum Gasteiger partial charge on any atom is 0.416 e. The molecule has 116 valence electrons. The van der Waals surface area contributed by atoms with Gasteiger partial charge in [0.25, 0.3) is 5.91 Å². The van der Waals surface area contributed by atoms with Gasteiger partial charge >= 0.3 is 6.18 Å². The third kappa shape index (κ3) is 2.49. The minimum atomic E-state index is -4.35. The molecule has 1 aromatic heterocycles. The molecule has 6 heteroatoms. The first-order chi connectivity index (χ1) is 10.4. The predicted octanol–water partition coefficient (Wildman–Crippen LogP) is 3.55. The van der Waals surface area contributed by atoms with Gasteiger partial charge in [0.05, 0.1) is 17.2 Å². The van der Waals surface area contributed by atoms with E-state index in [0.717, 1.165) is 24.4 Å². The maximum atomic E-state index is 12.6. The van der Waals surface area contributed by atoms with Crippen LogP contribution in [0.15, 0.2) is 36.5 Å². The van der Waals surface area contributed by atoms with Crippen LogP contribution in [-0.4, -0.2) is 10.5 Å². The minimum Gasteiger partial charge on any atom is -0.351 e. The van der Waals surface area contributed by atoms with E-state index in [1.807, 2.05) is 17.7 Å². The summed E-state index contributed by atoms with van der Waals surface area (Å²) in [6.07, 6.45) is -1.91. The molecule has 3 rings (SSSR count). The summed E-state index contributed by atoms with van der Waals surface area (Å²) in [4.78, 5) is 12.1. The van der Waals surface area contributed by atoms with E-state index in [4.69, 9.17) is 0 Å². The summed E-state index contributed by atoms with van der Waals surface area (Å²) in [5.41, 5.74) is 1.56. The molecule has 1 N–H and O–H groups in total. The van der Waals surface area contributed by atoms with Crippen LogP contribution in [0.25, 0.3) is 0 Å². The Morgan fingerprint density at radius 2 is 1.91 bits per heavy atom. The van der Waals surface area contributed by atoms with Crippen molar-refractivity contribution >= 4 is 5.91 Å². The number of hydrogen-bond donors (Lipinski definition) is 1. The number of halogens is 3. The van der Waals surface area contributed by atoms with Crippen molar-refractivity contribution in [3.05, 3.63) is 58.9 Å². The second-order valence-corrected chi connectivity index (χ2v) is 5.31. The number of rotatable bonds is 2. The van der Waals surface area contributed by atoms with Crippen LogP contribution < -0.4 is 5.32 Å². The molecule has 2 aromatic rings. The Labute approximate surface area is 125 Å². The second-order valence-electron chi connectivity index (χ2n) is 5.31. The molecule has 1 unspecified atom stereocenters. The van der Waals surface area contributed by atoms with E-state index in [9.17, 15) is 18.0 Å². The summed E-state index contributed by atoms with van der Waals surface area (Å²) in [7, 11) is 0. The number of fused-ring (bicyclic) bond motifs is 1. The maximum absolute atomic E-state index is 12.6. The van der Waals surface area contributed by atoms with Gasteiger partial charge in [0.15, 0.2) is 0 Å². The summed E-state index contributed by atoms with van der Waals surface area (Å²) in [6, 6.07) is 6.43. The van der Waals surface area contributed by atoms with Crippen molar-refractivity contribution in [2.45, 2.75) is 32.1 Å². The van der Waals surface area contributed by atoms with Gasteiger partial charge < -0.3 is 9.88 Å². The van der Waals surface area contributed by atoms with Crippen molar-refractivity contribution in [1.29, 1.82) is 0 Å². The van der Waals surface area contributed by atoms with Crippen LogP contribution in [-0.2, 0) is 19.1 Å². The second kappa shape index (κ2) is 5.19. The standard InChI is InChI=1S/C16H15F3N2O/c1-2-21-8-7-12-14(21)9-13(20-15(12)22)10-3-5-11(6-4-10)16(17,18)19/h3-8,13H,2,9H2,1H3,(H,20,22). The Hall–Kier alpha value is -2.24. The van der Waals surface area contributed by atoms with E-state index in [-0.39, 0.29) is 11.9 Å². The van der Waals surface area contributed by atoms with Crippen LogP contribution >= 0.6 is 0 Å². The SMILES string of the molecule is CCn1ccc2c1CC(c1ccc(C(F)(F)F)cc1)NC2=O. The zero-order valence-electron chi connectivity index (χ0n) is 11.9. The number of nitrogens with zero attached hydrogens (tertiary/aromatic N) is 1. The van der Waals surface area contributed by atoms with Gasteiger partial charge in [0.1, 0.15) is 0 Å². The fraction of sp³-hybridized carbons (Fsp3) is 0.312. The number of carbonyl (C=O) groups is 1. The number of aryl methyl sites for hydroxylation is 1. The highest BCUT2D eigenvalue weighted by Crippen LogP contribution is 2.31. The molecule has 0 bridgehead atoms. The molecule has 0 fully saturated rings. The minimum absolute atomic E-state index is 0.182. The first kappa shape index (κ1) is 14.7. The molecule has 0 aliphatic carbocycles. The molecule has 1 aliphatic rings. The van der Waals surface area contributed by atoms with Gasteiger partial charge in [-0.05, 0) is 30.7 Å². The molecule has 0 saturated heterocycles. The lowest BCUT2D eigenvalue weighted by Crippen LogP contribution is -2.35. The van der Waals surface area contributed by atoms with Crippen LogP contribution in [0.1, 0.15) is 40.1 Å². The number of nitrogens with one attached hydrogen (secondary N) is 1. The Bertz CT molecular complexity index is 701. The van der Waals surface area contributed by atoms with Gasteiger partial charge in [-0.1, -0.05) is 12.1 Å². The number of benzene rings is 1. The van der Waals surface area contributed by atoms with Crippen LogP contribution in [0.2, 0.25) is 0 Å². The molecule has 1 aromatic carbocycles. The summed E-state index contributed by atoms with van der Waals surface area (Å²) < 4.78 is 39.8. The lowest BCUT2D eigenvalue weighted by Gasteiger charge is -2.25. The third-order valence-corrected chi connectivity index (χ3v) is 4.01. The first-order valence-corrected chi connectivity index (χ1v) is 7.06. The molecule has 0 radical (unpaired) electrons. The van der Waals surface area contributed by atoms with Gasteiger partial charge in [-0.15, -0.1) is 0 Å². The van der Waals surface area contributed by atoms with E-state index in [1.54, 1.807) is 6.07 Å². The molecule has 0 saturated carbocycles. The highest BCUT2D eigenvalue weighted by atomic mass is 19.4. The van der Waals surface area contributed by atoms with Gasteiger partial charge in [0.2, 0.25) is 0 Å². The lowest BCUT2D eigenvalue weighted by molar-refractivity contribution is -0.137. The Balaban J connectivity index is 1.89. The van der Waals surface area contributed by atoms with E-state index >= 15 is 0 Å². The van der Waals surface area contributed by atoms with Gasteiger partial charge in [-0.25, -0.2) is 0 Å². The van der Waals surface area contributed by atoms with Crippen molar-refractivity contribution in [1.82, 2.24) is 9.88 Å². The largest absolute Gasteiger partial charge is 0.416 e. The fourth-order valence-electron chi connectivity index (χ4n) is 2.82. The van der Waals surface area contributed by atoms with E-state index in [1.165, 1.54) is 12.1 Å². The summed E-state index contributed by atoms with van der Waals surface area (Å²) >= 11 is 0. The molecule has 1 amide bonds. The van der Waals surface area contributed by atoms with Gasteiger partial charge in [-0.2, -0.15) is 13.2 Å². The van der Waals surface area contributed by atoms with Crippen LogP contribution in [0.5, 0.6) is 0 Å². The number of alkyl halides is 3. The number of hydrogen-bond acceptors (Lipinski definition) is 1. The van der Waals surface area contributed by atoms with E-state index in [0.29, 0.717) is 17.5 Å². The zero-order valence-corrected chi connectivity index (χ0v) is 11.9. The summed E-state index contributed by atoms with van der Waals surface area (Å²) in [5.74, 6) is -0.182. The molecule has 22 heavy (non-hydrogen) atoms. The van der Waals surface area contributed by atoms with Crippen molar-refractivity contribution in [3.63, 3.8) is 0 Å². The third-order valence-electron chi connectivity index (χ3n) is 4.01. The van der Waals surface area contributed by atoms with Gasteiger partial charge in [0, 0.05) is 24.9 Å². The predicted molar refractivity (Wildman–Crippen MR) is 75.5 cm³/mol. The molecule has 1 atom stereocenters. The zero-order chi connectivity index (χ0) is 15.9. The quantitative estimate of drug-likeness (QED) is 0.904. The Morgan fingerprint density at radius 3 is 2.50 bits per heavy atom.